The van der Waals surface area contributed by atoms with Gasteiger partial charge in [0.15, 0.2) is 0 Å². The lowest BCUT2D eigenvalue weighted by molar-refractivity contribution is -0.154. The van der Waals surface area contributed by atoms with E-state index in [2.05, 4.69) is 0 Å². The van der Waals surface area contributed by atoms with Gasteiger partial charge in [0.25, 0.3) is 0 Å². The van der Waals surface area contributed by atoms with Gasteiger partial charge >= 0.3 is 0 Å². The molecule has 2 nitrogen and oxygen atoms in total. The Hall–Kier alpha value is -1.02. The number of hydrogen-bond acceptors (Lipinski definition) is 2. The Morgan fingerprint density at radius 3 is 2.19 bits per heavy atom. The molecule has 1 unspecified atom stereocenters. The second-order valence-corrected chi connectivity index (χ2v) is 7.05. The Balaban J connectivity index is 1.80. The molecule has 114 valence electrons. The van der Waals surface area contributed by atoms with Gasteiger partial charge in [-0.3, -0.25) is 4.79 Å². The molecule has 3 heteroatoms. The normalized spacial score (nSPS) is 24.5. The molecule has 1 aromatic carbocycles. The van der Waals surface area contributed by atoms with Crippen LogP contribution in [0, 0.1) is 19.3 Å². The maximum atomic E-state index is 12.2. The minimum Gasteiger partial charge on any atom is -0.489 e. The molecule has 0 N–H and O–H groups in total. The van der Waals surface area contributed by atoms with Crippen molar-refractivity contribution in [2.45, 2.75) is 64.9 Å². The number of rotatable bonds is 2. The van der Waals surface area contributed by atoms with Crippen LogP contribution in [0.5, 0.6) is 5.75 Å². The zero-order chi connectivity index (χ0) is 15.0. The molecule has 2 fully saturated rings. The van der Waals surface area contributed by atoms with Gasteiger partial charge < -0.3 is 4.74 Å². The fourth-order valence-electron chi connectivity index (χ4n) is 3.87. The second kappa shape index (κ2) is 5.64. The van der Waals surface area contributed by atoms with Gasteiger partial charge in [-0.2, -0.15) is 0 Å². The first-order chi connectivity index (χ1) is 10.0. The van der Waals surface area contributed by atoms with E-state index in [1.54, 1.807) is 0 Å². The molecule has 3 rings (SSSR count). The van der Waals surface area contributed by atoms with Crippen molar-refractivity contribution in [3.63, 3.8) is 0 Å². The molecule has 0 aliphatic heterocycles. The van der Waals surface area contributed by atoms with Crippen LogP contribution in [0.25, 0.3) is 0 Å². The third-order valence-electron chi connectivity index (χ3n) is 5.23. The van der Waals surface area contributed by atoms with E-state index in [9.17, 15) is 4.79 Å². The average Bonchev–Trinajstić information content (AvgIpc) is 2.72. The Labute approximate surface area is 131 Å². The van der Waals surface area contributed by atoms with Crippen molar-refractivity contribution in [3.05, 3.63) is 28.3 Å². The van der Waals surface area contributed by atoms with Gasteiger partial charge in [-0.15, -0.1) is 0 Å². The molecule has 0 bridgehead atoms. The lowest BCUT2D eigenvalue weighted by Crippen LogP contribution is -2.56. The quantitative estimate of drug-likeness (QED) is 0.767. The first-order valence-corrected chi connectivity index (χ1v) is 8.37. The van der Waals surface area contributed by atoms with Gasteiger partial charge in [0.2, 0.25) is 0 Å². The van der Waals surface area contributed by atoms with Crippen molar-refractivity contribution >= 4 is 17.4 Å². The molecular weight excluding hydrogens is 284 g/mol. The summed E-state index contributed by atoms with van der Waals surface area (Å²) in [7, 11) is 0. The largest absolute Gasteiger partial charge is 0.489 e. The van der Waals surface area contributed by atoms with Gasteiger partial charge in [-0.05, 0) is 49.9 Å². The molecule has 2 saturated carbocycles. The highest BCUT2D eigenvalue weighted by Crippen LogP contribution is 2.49. The number of benzene rings is 1. The van der Waals surface area contributed by atoms with Crippen LogP contribution < -0.4 is 4.74 Å². The molecule has 0 saturated heterocycles. The predicted octanol–water partition coefficient (Wildman–Crippen LogP) is 5.02. The number of hydrogen-bond donors (Lipinski definition) is 0. The van der Waals surface area contributed by atoms with Crippen LogP contribution in [0.2, 0.25) is 5.02 Å². The Kier molecular flexibility index (Phi) is 4.00. The summed E-state index contributed by atoms with van der Waals surface area (Å²) in [5.74, 6) is 1.27. The van der Waals surface area contributed by atoms with Crippen molar-refractivity contribution in [2.75, 3.05) is 0 Å². The number of ether oxygens (including phenoxy) is 1. The standard InChI is InChI=1S/C18H23ClO2/c1-12-9-14(10-13(2)17(12)19)21-16-11-15(20)18(16)7-5-3-4-6-8-18/h9-10,16H,3-8,11H2,1-2H3. The highest BCUT2D eigenvalue weighted by Gasteiger charge is 2.55. The zero-order valence-electron chi connectivity index (χ0n) is 12.9. The van der Waals surface area contributed by atoms with E-state index >= 15 is 0 Å². The van der Waals surface area contributed by atoms with Gasteiger partial charge in [-0.25, -0.2) is 0 Å². The molecule has 0 amide bonds. The molecule has 21 heavy (non-hydrogen) atoms. The summed E-state index contributed by atoms with van der Waals surface area (Å²) >= 11 is 6.21. The number of carbonyl (C=O) groups excluding carboxylic acids is 1. The van der Waals surface area contributed by atoms with E-state index in [1.807, 2.05) is 26.0 Å². The summed E-state index contributed by atoms with van der Waals surface area (Å²) in [5.41, 5.74) is 1.87. The summed E-state index contributed by atoms with van der Waals surface area (Å²) in [5, 5.41) is 0.802. The Morgan fingerprint density at radius 1 is 1.10 bits per heavy atom. The van der Waals surface area contributed by atoms with E-state index in [0.29, 0.717) is 12.2 Å². The average molecular weight is 307 g/mol. The Morgan fingerprint density at radius 2 is 1.67 bits per heavy atom. The van der Waals surface area contributed by atoms with Crippen LogP contribution in [0.3, 0.4) is 0 Å². The van der Waals surface area contributed by atoms with Crippen LogP contribution in [-0.4, -0.2) is 11.9 Å². The molecule has 0 heterocycles. The lowest BCUT2D eigenvalue weighted by atomic mass is 9.60. The summed E-state index contributed by atoms with van der Waals surface area (Å²) in [4.78, 5) is 12.2. The van der Waals surface area contributed by atoms with E-state index in [0.717, 1.165) is 47.6 Å². The van der Waals surface area contributed by atoms with Gasteiger partial charge in [0.1, 0.15) is 17.6 Å². The molecule has 2 aliphatic carbocycles. The zero-order valence-corrected chi connectivity index (χ0v) is 13.6. The van der Waals surface area contributed by atoms with Gasteiger partial charge in [-0.1, -0.05) is 37.3 Å². The SMILES string of the molecule is Cc1cc(OC2CC(=O)C23CCCCCC3)cc(C)c1Cl. The van der Waals surface area contributed by atoms with Crippen molar-refractivity contribution in [1.29, 1.82) is 0 Å². The van der Waals surface area contributed by atoms with Crippen molar-refractivity contribution in [3.8, 4) is 5.75 Å². The van der Waals surface area contributed by atoms with Crippen LogP contribution in [0.15, 0.2) is 12.1 Å². The second-order valence-electron chi connectivity index (χ2n) is 6.68. The minimum absolute atomic E-state index is 0.0584. The van der Waals surface area contributed by atoms with E-state index in [-0.39, 0.29) is 11.5 Å². The summed E-state index contributed by atoms with van der Waals surface area (Å²) in [6, 6.07) is 3.98. The van der Waals surface area contributed by atoms with E-state index < -0.39 is 0 Å². The number of Topliss-reactive ketones (excluding diaryl/α,β-unsaturated/α-hetero) is 1. The van der Waals surface area contributed by atoms with Crippen LogP contribution in [0.1, 0.15) is 56.1 Å². The van der Waals surface area contributed by atoms with Gasteiger partial charge in [0.05, 0.1) is 5.41 Å². The summed E-state index contributed by atoms with van der Waals surface area (Å²) < 4.78 is 6.21. The van der Waals surface area contributed by atoms with Crippen molar-refractivity contribution in [2.24, 2.45) is 5.41 Å². The van der Waals surface area contributed by atoms with E-state index in [4.69, 9.17) is 16.3 Å². The van der Waals surface area contributed by atoms with Gasteiger partial charge in [0, 0.05) is 11.4 Å². The summed E-state index contributed by atoms with van der Waals surface area (Å²) in [6.45, 7) is 3.99. The molecule has 1 spiro atoms. The number of ketones is 1. The number of carbonyl (C=O) groups is 1. The maximum Gasteiger partial charge on any atom is 0.146 e. The molecule has 0 radical (unpaired) electrons. The topological polar surface area (TPSA) is 26.3 Å². The molecule has 2 aliphatic rings. The fraction of sp³-hybridized carbons (Fsp3) is 0.611. The molecular formula is C18H23ClO2. The van der Waals surface area contributed by atoms with Crippen LogP contribution in [0.4, 0.5) is 0 Å². The monoisotopic (exact) mass is 306 g/mol. The lowest BCUT2D eigenvalue weighted by Gasteiger charge is -2.47. The smallest absolute Gasteiger partial charge is 0.146 e. The highest BCUT2D eigenvalue weighted by molar-refractivity contribution is 6.32. The van der Waals surface area contributed by atoms with E-state index in [1.165, 1.54) is 12.8 Å². The minimum atomic E-state index is -0.196. The van der Waals surface area contributed by atoms with Crippen LogP contribution in [-0.2, 0) is 4.79 Å². The Bertz CT molecular complexity index is 533. The predicted molar refractivity (Wildman–Crippen MR) is 85.1 cm³/mol. The molecule has 1 atom stereocenters. The third-order valence-corrected chi connectivity index (χ3v) is 5.82. The highest BCUT2D eigenvalue weighted by atomic mass is 35.5. The number of halogens is 1. The summed E-state index contributed by atoms with van der Waals surface area (Å²) in [6.07, 6.45) is 7.45. The number of aryl methyl sites for hydroxylation is 2. The fourth-order valence-corrected chi connectivity index (χ4v) is 3.98. The maximum absolute atomic E-state index is 12.2. The van der Waals surface area contributed by atoms with Crippen molar-refractivity contribution < 1.29 is 9.53 Å². The molecule has 0 aromatic heterocycles. The van der Waals surface area contributed by atoms with Crippen molar-refractivity contribution in [1.82, 2.24) is 0 Å². The first-order valence-electron chi connectivity index (χ1n) is 8.00. The van der Waals surface area contributed by atoms with Crippen LogP contribution >= 0.6 is 11.6 Å². The first kappa shape index (κ1) is 14.9. The third kappa shape index (κ3) is 2.59. The molecule has 1 aromatic rings.